The van der Waals surface area contributed by atoms with Crippen LogP contribution in [0.4, 0.5) is 4.39 Å². The van der Waals surface area contributed by atoms with E-state index in [-0.39, 0.29) is 5.82 Å². The van der Waals surface area contributed by atoms with E-state index in [2.05, 4.69) is 20.9 Å². The molecule has 3 rings (SSSR count). The summed E-state index contributed by atoms with van der Waals surface area (Å²) in [5, 5.41) is 0. The second-order valence-corrected chi connectivity index (χ2v) is 4.86. The Hall–Kier alpha value is -1.68. The maximum absolute atomic E-state index is 13.6. The fourth-order valence-electron chi connectivity index (χ4n) is 2.01. The number of aromatic nitrogens is 2. The van der Waals surface area contributed by atoms with Crippen molar-refractivity contribution in [2.24, 2.45) is 0 Å². The largest absolute Gasteiger partial charge is 0.290 e. The molecular weight excluding hydrogens is 295 g/mol. The van der Waals surface area contributed by atoms with Crippen LogP contribution in [0.1, 0.15) is 11.4 Å². The minimum atomic E-state index is -0.193. The Bertz CT molecular complexity index is 706. The first-order valence-electron chi connectivity index (χ1n) is 5.60. The first-order valence-corrected chi connectivity index (χ1v) is 6.39. The lowest BCUT2D eigenvalue weighted by Gasteiger charge is -2.05. The lowest BCUT2D eigenvalue weighted by Crippen LogP contribution is -1.99. The molecule has 0 unspecified atom stereocenters. The van der Waals surface area contributed by atoms with Crippen LogP contribution in [0.25, 0.3) is 5.52 Å². The van der Waals surface area contributed by atoms with E-state index in [1.165, 1.54) is 6.07 Å². The maximum atomic E-state index is 13.6. The third-order valence-electron chi connectivity index (χ3n) is 2.88. The van der Waals surface area contributed by atoms with Gasteiger partial charge in [0.2, 0.25) is 0 Å². The Morgan fingerprint density at radius 2 is 1.94 bits per heavy atom. The van der Waals surface area contributed by atoms with E-state index in [1.807, 2.05) is 28.7 Å². The van der Waals surface area contributed by atoms with E-state index in [0.29, 0.717) is 12.0 Å². The average molecular weight is 305 g/mol. The van der Waals surface area contributed by atoms with Crippen molar-refractivity contribution in [3.8, 4) is 0 Å². The zero-order valence-corrected chi connectivity index (χ0v) is 11.1. The van der Waals surface area contributed by atoms with Crippen LogP contribution in [0.15, 0.2) is 53.3 Å². The molecule has 2 aromatic heterocycles. The summed E-state index contributed by atoms with van der Waals surface area (Å²) in [4.78, 5) is 4.36. The number of pyridine rings is 1. The van der Waals surface area contributed by atoms with E-state index in [1.54, 1.807) is 18.3 Å². The second kappa shape index (κ2) is 4.53. The average Bonchev–Trinajstić information content (AvgIpc) is 2.77. The van der Waals surface area contributed by atoms with Gasteiger partial charge in [-0.1, -0.05) is 24.3 Å². The molecule has 4 heteroatoms. The summed E-state index contributed by atoms with van der Waals surface area (Å²) >= 11 is 3.49. The van der Waals surface area contributed by atoms with Crippen LogP contribution in [0, 0.1) is 5.82 Å². The van der Waals surface area contributed by atoms with Gasteiger partial charge >= 0.3 is 0 Å². The van der Waals surface area contributed by atoms with Crippen molar-refractivity contribution >= 4 is 21.4 Å². The predicted molar refractivity (Wildman–Crippen MR) is 72.1 cm³/mol. The fraction of sp³-hybridized carbons (Fsp3) is 0.0714. The highest BCUT2D eigenvalue weighted by molar-refractivity contribution is 9.10. The molecule has 0 saturated carbocycles. The van der Waals surface area contributed by atoms with Gasteiger partial charge in [-0.25, -0.2) is 9.37 Å². The van der Waals surface area contributed by atoms with Gasteiger partial charge in [0.1, 0.15) is 11.6 Å². The minimum Gasteiger partial charge on any atom is -0.290 e. The first-order chi connectivity index (χ1) is 8.75. The zero-order valence-electron chi connectivity index (χ0n) is 9.48. The van der Waals surface area contributed by atoms with Gasteiger partial charge in [0.15, 0.2) is 0 Å². The Kier molecular flexibility index (Phi) is 2.88. The molecule has 0 N–H and O–H groups in total. The molecule has 0 aliphatic heterocycles. The molecule has 0 spiro atoms. The van der Waals surface area contributed by atoms with Crippen LogP contribution in [0.2, 0.25) is 0 Å². The van der Waals surface area contributed by atoms with Crippen molar-refractivity contribution in [3.63, 3.8) is 0 Å². The summed E-state index contributed by atoms with van der Waals surface area (Å²) in [6, 6.07) is 12.7. The highest BCUT2D eigenvalue weighted by Crippen LogP contribution is 2.19. The number of hydrogen-bond acceptors (Lipinski definition) is 1. The first kappa shape index (κ1) is 11.4. The second-order valence-electron chi connectivity index (χ2n) is 4.05. The van der Waals surface area contributed by atoms with Gasteiger partial charge in [0.25, 0.3) is 0 Å². The van der Waals surface area contributed by atoms with Crippen molar-refractivity contribution in [2.75, 3.05) is 0 Å². The number of benzene rings is 1. The molecule has 0 aliphatic carbocycles. The normalized spacial score (nSPS) is 11.0. The molecule has 0 aliphatic rings. The molecule has 2 heterocycles. The van der Waals surface area contributed by atoms with Crippen LogP contribution in [0.3, 0.4) is 0 Å². The zero-order chi connectivity index (χ0) is 12.5. The Balaban J connectivity index is 2.09. The van der Waals surface area contributed by atoms with Gasteiger partial charge in [-0.15, -0.1) is 0 Å². The maximum Gasteiger partial charge on any atom is 0.126 e. The molecule has 0 fully saturated rings. The highest BCUT2D eigenvalue weighted by Gasteiger charge is 2.09. The van der Waals surface area contributed by atoms with Crippen molar-refractivity contribution in [1.29, 1.82) is 0 Å². The van der Waals surface area contributed by atoms with Crippen LogP contribution >= 0.6 is 15.9 Å². The summed E-state index contributed by atoms with van der Waals surface area (Å²) in [5.74, 6) is 0.629. The number of hydrogen-bond donors (Lipinski definition) is 0. The van der Waals surface area contributed by atoms with E-state index in [0.717, 1.165) is 15.9 Å². The van der Waals surface area contributed by atoms with E-state index in [4.69, 9.17) is 0 Å². The predicted octanol–water partition coefficient (Wildman–Crippen LogP) is 3.83. The molecule has 1 aromatic carbocycles. The van der Waals surface area contributed by atoms with Crippen molar-refractivity contribution in [3.05, 3.63) is 70.5 Å². The van der Waals surface area contributed by atoms with Gasteiger partial charge in [-0.2, -0.15) is 0 Å². The molecule has 2 nitrogen and oxygen atoms in total. The number of rotatable bonds is 2. The summed E-state index contributed by atoms with van der Waals surface area (Å²) < 4.78 is 16.5. The van der Waals surface area contributed by atoms with Crippen molar-refractivity contribution in [1.82, 2.24) is 9.38 Å². The lowest BCUT2D eigenvalue weighted by atomic mass is 10.1. The number of halogens is 2. The van der Waals surface area contributed by atoms with Crippen LogP contribution < -0.4 is 0 Å². The van der Waals surface area contributed by atoms with E-state index in [9.17, 15) is 4.39 Å². The van der Waals surface area contributed by atoms with Crippen LogP contribution in [-0.2, 0) is 6.42 Å². The van der Waals surface area contributed by atoms with Crippen LogP contribution in [0.5, 0.6) is 0 Å². The molecular formula is C14H10BrFN2. The molecule has 0 amide bonds. The molecule has 0 radical (unpaired) electrons. The quantitative estimate of drug-likeness (QED) is 0.658. The molecule has 3 aromatic rings. The molecule has 90 valence electrons. The Morgan fingerprint density at radius 3 is 2.78 bits per heavy atom. The molecule has 0 saturated heterocycles. The van der Waals surface area contributed by atoms with Gasteiger partial charge < -0.3 is 0 Å². The summed E-state index contributed by atoms with van der Waals surface area (Å²) in [5.41, 5.74) is 1.65. The summed E-state index contributed by atoms with van der Waals surface area (Å²) in [6.07, 6.45) is 2.27. The lowest BCUT2D eigenvalue weighted by molar-refractivity contribution is 0.612. The Morgan fingerprint density at radius 1 is 1.11 bits per heavy atom. The minimum absolute atomic E-state index is 0.193. The third kappa shape index (κ3) is 1.93. The molecule has 0 bridgehead atoms. The van der Waals surface area contributed by atoms with E-state index < -0.39 is 0 Å². The van der Waals surface area contributed by atoms with Crippen molar-refractivity contribution in [2.45, 2.75) is 6.42 Å². The number of fused-ring (bicyclic) bond motifs is 1. The van der Waals surface area contributed by atoms with Gasteiger partial charge in [0.05, 0.1) is 16.3 Å². The monoisotopic (exact) mass is 304 g/mol. The standard InChI is InChI=1S/C14H10BrFN2/c15-13-7-3-5-11-9-17-14(18(11)13)8-10-4-1-2-6-12(10)16/h1-7,9H,8H2. The highest BCUT2D eigenvalue weighted by atomic mass is 79.9. The topological polar surface area (TPSA) is 17.3 Å². The number of nitrogens with zero attached hydrogens (tertiary/aromatic N) is 2. The molecule has 0 atom stereocenters. The fourth-order valence-corrected chi connectivity index (χ4v) is 2.57. The molecule has 18 heavy (non-hydrogen) atoms. The number of imidazole rings is 1. The van der Waals surface area contributed by atoms with Crippen LogP contribution in [-0.4, -0.2) is 9.38 Å². The third-order valence-corrected chi connectivity index (χ3v) is 3.50. The van der Waals surface area contributed by atoms with Gasteiger partial charge in [-0.05, 0) is 39.7 Å². The smallest absolute Gasteiger partial charge is 0.126 e. The summed E-state index contributed by atoms with van der Waals surface area (Å²) in [7, 11) is 0. The SMILES string of the molecule is Fc1ccccc1Cc1ncc2cccc(Br)n12. The van der Waals surface area contributed by atoms with Crippen molar-refractivity contribution < 1.29 is 4.39 Å². The Labute approximate surface area is 112 Å². The van der Waals surface area contributed by atoms with E-state index >= 15 is 0 Å². The van der Waals surface area contributed by atoms with Gasteiger partial charge in [-0.3, -0.25) is 4.40 Å². The summed E-state index contributed by atoms with van der Waals surface area (Å²) in [6.45, 7) is 0. The van der Waals surface area contributed by atoms with Gasteiger partial charge in [0, 0.05) is 6.42 Å².